The fraction of sp³-hybridized carbons (Fsp3) is 0.857. The van der Waals surface area contributed by atoms with Crippen LogP contribution in [-0.4, -0.2) is 28.8 Å². The van der Waals surface area contributed by atoms with Crippen molar-refractivity contribution in [1.82, 2.24) is 0 Å². The van der Waals surface area contributed by atoms with Crippen molar-refractivity contribution in [3.63, 3.8) is 0 Å². The number of aliphatic carboxylic acids is 1. The van der Waals surface area contributed by atoms with Crippen LogP contribution in [0.25, 0.3) is 0 Å². The fourth-order valence-corrected chi connectivity index (χ4v) is 2.46. The van der Waals surface area contributed by atoms with Crippen molar-refractivity contribution in [3.8, 4) is 0 Å². The predicted molar refractivity (Wildman–Crippen MR) is 42.6 cm³/mol. The summed E-state index contributed by atoms with van der Waals surface area (Å²) in [5, 5.41) is 8.33. The molecule has 1 fully saturated rings. The fourth-order valence-electron chi connectivity index (χ4n) is 1.15. The maximum atomic E-state index is 12.8. The minimum atomic E-state index is -0.825. The van der Waals surface area contributed by atoms with Crippen molar-refractivity contribution in [2.75, 3.05) is 11.5 Å². The molecule has 0 aromatic rings. The third-order valence-electron chi connectivity index (χ3n) is 1.85. The van der Waals surface area contributed by atoms with Crippen LogP contribution in [-0.2, 0) is 4.79 Å². The number of carboxylic acids is 1. The SMILES string of the molecule is O=C(O)CC[C@@H]1CSC[C@H]1F. The molecule has 2 atom stereocenters. The quantitative estimate of drug-likeness (QED) is 0.712. The molecule has 0 unspecified atom stereocenters. The molecule has 1 rings (SSSR count). The molecule has 1 saturated heterocycles. The highest BCUT2D eigenvalue weighted by Crippen LogP contribution is 2.29. The van der Waals surface area contributed by atoms with Crippen molar-refractivity contribution in [2.24, 2.45) is 5.92 Å². The summed E-state index contributed by atoms with van der Waals surface area (Å²) in [6, 6.07) is 0. The van der Waals surface area contributed by atoms with E-state index >= 15 is 0 Å². The lowest BCUT2D eigenvalue weighted by Gasteiger charge is -2.08. The molecule has 1 N–H and O–H groups in total. The van der Waals surface area contributed by atoms with Crippen LogP contribution in [0.15, 0.2) is 0 Å². The highest BCUT2D eigenvalue weighted by molar-refractivity contribution is 7.99. The monoisotopic (exact) mass is 178 g/mol. The highest BCUT2D eigenvalue weighted by Gasteiger charge is 2.27. The first kappa shape index (κ1) is 8.84. The molecule has 11 heavy (non-hydrogen) atoms. The van der Waals surface area contributed by atoms with Crippen LogP contribution in [0.2, 0.25) is 0 Å². The van der Waals surface area contributed by atoms with E-state index in [2.05, 4.69) is 0 Å². The minimum absolute atomic E-state index is 0.0175. The third-order valence-corrected chi connectivity index (χ3v) is 3.07. The largest absolute Gasteiger partial charge is 0.481 e. The zero-order valence-corrected chi connectivity index (χ0v) is 6.94. The average molecular weight is 178 g/mol. The summed E-state index contributed by atoms with van der Waals surface area (Å²) in [5.74, 6) is 0.490. The van der Waals surface area contributed by atoms with E-state index in [1.54, 1.807) is 11.8 Å². The van der Waals surface area contributed by atoms with E-state index in [-0.39, 0.29) is 12.3 Å². The first-order valence-electron chi connectivity index (χ1n) is 3.63. The number of carbonyl (C=O) groups is 1. The van der Waals surface area contributed by atoms with Gasteiger partial charge in [0.2, 0.25) is 0 Å². The molecular formula is C7H11FO2S. The molecule has 1 aliphatic heterocycles. The maximum Gasteiger partial charge on any atom is 0.303 e. The Bertz CT molecular complexity index is 151. The Morgan fingerprint density at radius 2 is 2.36 bits per heavy atom. The molecule has 1 heterocycles. The van der Waals surface area contributed by atoms with Crippen molar-refractivity contribution in [1.29, 1.82) is 0 Å². The second-order valence-corrected chi connectivity index (χ2v) is 3.82. The van der Waals surface area contributed by atoms with Crippen LogP contribution in [0.5, 0.6) is 0 Å². The Hall–Kier alpha value is -0.250. The predicted octanol–water partition coefficient (Wildman–Crippen LogP) is 1.55. The molecule has 0 bridgehead atoms. The molecule has 64 valence electrons. The number of thioether (sulfide) groups is 1. The molecule has 4 heteroatoms. The number of rotatable bonds is 3. The van der Waals surface area contributed by atoms with Crippen LogP contribution >= 0.6 is 11.8 Å². The van der Waals surface area contributed by atoms with Crippen LogP contribution in [0.4, 0.5) is 4.39 Å². The normalized spacial score (nSPS) is 30.6. The summed E-state index contributed by atoms with van der Waals surface area (Å²) in [4.78, 5) is 10.1. The molecule has 0 amide bonds. The number of hydrogen-bond acceptors (Lipinski definition) is 2. The zero-order valence-electron chi connectivity index (χ0n) is 6.12. The summed E-state index contributed by atoms with van der Waals surface area (Å²) in [6.07, 6.45) is -0.186. The molecule has 0 aromatic carbocycles. The maximum absolute atomic E-state index is 12.8. The number of carboxylic acid groups (broad SMARTS) is 1. The molecule has 2 nitrogen and oxygen atoms in total. The van der Waals surface area contributed by atoms with Crippen molar-refractivity contribution >= 4 is 17.7 Å². The summed E-state index contributed by atoms with van der Waals surface area (Å²) < 4.78 is 12.8. The number of alkyl halides is 1. The van der Waals surface area contributed by atoms with Crippen molar-refractivity contribution < 1.29 is 14.3 Å². The standard InChI is InChI=1S/C7H11FO2S/c8-6-4-11-3-5(6)1-2-7(9)10/h5-6H,1-4H2,(H,9,10)/t5-,6-/m1/s1. The highest BCUT2D eigenvalue weighted by atomic mass is 32.2. The van der Waals surface area contributed by atoms with Crippen molar-refractivity contribution in [3.05, 3.63) is 0 Å². The van der Waals surface area contributed by atoms with Crippen LogP contribution < -0.4 is 0 Å². The van der Waals surface area contributed by atoms with E-state index in [0.717, 1.165) is 5.75 Å². The van der Waals surface area contributed by atoms with Gasteiger partial charge in [0.25, 0.3) is 0 Å². The number of hydrogen-bond donors (Lipinski definition) is 1. The summed E-state index contributed by atoms with van der Waals surface area (Å²) in [5.41, 5.74) is 0. The van der Waals surface area contributed by atoms with E-state index in [1.807, 2.05) is 0 Å². The van der Waals surface area contributed by atoms with Gasteiger partial charge in [0.1, 0.15) is 6.17 Å². The molecule has 0 aromatic heterocycles. The van der Waals surface area contributed by atoms with Gasteiger partial charge in [-0.05, 0) is 12.2 Å². The van der Waals surface area contributed by atoms with E-state index in [0.29, 0.717) is 12.2 Å². The van der Waals surface area contributed by atoms with Gasteiger partial charge < -0.3 is 5.11 Å². The molecule has 0 radical (unpaired) electrons. The van der Waals surface area contributed by atoms with E-state index in [1.165, 1.54) is 0 Å². The Kier molecular flexibility index (Phi) is 3.17. The smallest absolute Gasteiger partial charge is 0.303 e. The Morgan fingerprint density at radius 1 is 1.64 bits per heavy atom. The van der Waals surface area contributed by atoms with Gasteiger partial charge in [-0.2, -0.15) is 11.8 Å². The average Bonchev–Trinajstić information content (AvgIpc) is 2.31. The second kappa shape index (κ2) is 3.95. The number of halogens is 1. The van der Waals surface area contributed by atoms with Gasteiger partial charge in [0.05, 0.1) is 0 Å². The van der Waals surface area contributed by atoms with E-state index in [4.69, 9.17) is 5.11 Å². The van der Waals surface area contributed by atoms with Crippen LogP contribution in [0.1, 0.15) is 12.8 Å². The molecular weight excluding hydrogens is 167 g/mol. The minimum Gasteiger partial charge on any atom is -0.481 e. The molecule has 0 aliphatic carbocycles. The van der Waals surface area contributed by atoms with Gasteiger partial charge in [0, 0.05) is 18.1 Å². The lowest BCUT2D eigenvalue weighted by atomic mass is 10.0. The lowest BCUT2D eigenvalue weighted by molar-refractivity contribution is -0.137. The Morgan fingerprint density at radius 3 is 2.82 bits per heavy atom. The summed E-state index contributed by atoms with van der Waals surface area (Å²) in [6.45, 7) is 0. The van der Waals surface area contributed by atoms with E-state index < -0.39 is 12.1 Å². The van der Waals surface area contributed by atoms with E-state index in [9.17, 15) is 9.18 Å². The Labute approximate surface area is 69.2 Å². The third kappa shape index (κ3) is 2.69. The molecule has 0 saturated carbocycles. The van der Waals surface area contributed by atoms with Crippen LogP contribution in [0.3, 0.4) is 0 Å². The van der Waals surface area contributed by atoms with Gasteiger partial charge in [-0.3, -0.25) is 4.79 Å². The van der Waals surface area contributed by atoms with Gasteiger partial charge in [0.15, 0.2) is 0 Å². The summed E-state index contributed by atoms with van der Waals surface area (Å²) >= 11 is 1.57. The molecule has 1 aliphatic rings. The van der Waals surface area contributed by atoms with Gasteiger partial charge in [-0.25, -0.2) is 4.39 Å². The molecule has 0 spiro atoms. The van der Waals surface area contributed by atoms with Gasteiger partial charge in [-0.1, -0.05) is 0 Å². The topological polar surface area (TPSA) is 37.3 Å². The first-order valence-corrected chi connectivity index (χ1v) is 4.79. The van der Waals surface area contributed by atoms with Gasteiger partial charge in [-0.15, -0.1) is 0 Å². The van der Waals surface area contributed by atoms with Crippen LogP contribution in [0, 0.1) is 5.92 Å². The van der Waals surface area contributed by atoms with Gasteiger partial charge >= 0.3 is 5.97 Å². The Balaban J connectivity index is 2.20. The first-order chi connectivity index (χ1) is 5.20. The van der Waals surface area contributed by atoms with Crippen molar-refractivity contribution in [2.45, 2.75) is 19.0 Å². The summed E-state index contributed by atoms with van der Waals surface area (Å²) in [7, 11) is 0. The zero-order chi connectivity index (χ0) is 8.27. The second-order valence-electron chi connectivity index (χ2n) is 2.75. The lowest BCUT2D eigenvalue weighted by Crippen LogP contribution is -2.14.